The van der Waals surface area contributed by atoms with E-state index in [-0.39, 0.29) is 0 Å². The van der Waals surface area contributed by atoms with Gasteiger partial charge >= 0.3 is 0 Å². The zero-order chi connectivity index (χ0) is 12.1. The van der Waals surface area contributed by atoms with Crippen molar-refractivity contribution < 1.29 is 0 Å². The van der Waals surface area contributed by atoms with Crippen LogP contribution in [0.5, 0.6) is 0 Å². The Hall–Kier alpha value is -0.410. The van der Waals surface area contributed by atoms with Gasteiger partial charge in [0.25, 0.3) is 0 Å². The summed E-state index contributed by atoms with van der Waals surface area (Å²) >= 11 is 1.80. The Morgan fingerprint density at radius 1 is 1.24 bits per heavy atom. The molecule has 2 rings (SSSR count). The van der Waals surface area contributed by atoms with Crippen molar-refractivity contribution in [2.45, 2.75) is 58.3 Å². The van der Waals surface area contributed by atoms with E-state index < -0.39 is 0 Å². The van der Waals surface area contributed by atoms with Crippen LogP contribution in [0.15, 0.2) is 5.38 Å². The first kappa shape index (κ1) is 13.0. The Labute approximate surface area is 109 Å². The summed E-state index contributed by atoms with van der Waals surface area (Å²) in [6.45, 7) is 2.90. The summed E-state index contributed by atoms with van der Waals surface area (Å²) < 4.78 is 0. The first-order valence-corrected chi connectivity index (χ1v) is 7.73. The van der Waals surface area contributed by atoms with Crippen LogP contribution in [0.25, 0.3) is 0 Å². The van der Waals surface area contributed by atoms with Gasteiger partial charge in [0.05, 0.1) is 5.01 Å². The summed E-state index contributed by atoms with van der Waals surface area (Å²) in [7, 11) is 0. The number of aromatic nitrogens is 1. The number of hydrogen-bond acceptors (Lipinski definition) is 3. The van der Waals surface area contributed by atoms with Crippen molar-refractivity contribution in [3.63, 3.8) is 0 Å². The molecule has 2 nitrogen and oxygen atoms in total. The predicted octanol–water partition coefficient (Wildman–Crippen LogP) is 3.68. The Morgan fingerprint density at radius 2 is 1.88 bits per heavy atom. The van der Waals surface area contributed by atoms with Gasteiger partial charge in [-0.15, -0.1) is 11.3 Å². The fourth-order valence-electron chi connectivity index (χ4n) is 2.91. The van der Waals surface area contributed by atoms with E-state index in [1.54, 1.807) is 11.3 Å². The first-order chi connectivity index (χ1) is 8.24. The number of hydrogen-bond donors (Lipinski definition) is 1. The number of nitrogens with zero attached hydrogens (tertiary/aromatic N) is 1. The molecule has 0 bridgehead atoms. The Balaban J connectivity index is 2.05. The summed E-state index contributed by atoms with van der Waals surface area (Å²) in [5.74, 6) is 0. The lowest BCUT2D eigenvalue weighted by Gasteiger charge is -2.33. The van der Waals surface area contributed by atoms with E-state index in [1.807, 2.05) is 0 Å². The topological polar surface area (TPSA) is 38.9 Å². The molecule has 1 aliphatic rings. The molecule has 3 heteroatoms. The molecule has 0 aromatic carbocycles. The third-order valence-electron chi connectivity index (χ3n) is 4.04. The third-order valence-corrected chi connectivity index (χ3v) is 5.01. The van der Waals surface area contributed by atoms with Crippen molar-refractivity contribution in [1.29, 1.82) is 0 Å². The summed E-state index contributed by atoms with van der Waals surface area (Å²) in [6.07, 6.45) is 10.6. The third kappa shape index (κ3) is 3.52. The van der Waals surface area contributed by atoms with Crippen LogP contribution in [-0.4, -0.2) is 11.5 Å². The number of nitrogens with two attached hydrogens (primary N) is 1. The van der Waals surface area contributed by atoms with Crippen LogP contribution < -0.4 is 5.73 Å². The van der Waals surface area contributed by atoms with E-state index in [1.165, 1.54) is 50.0 Å². The Bertz CT molecular complexity index is 338. The van der Waals surface area contributed by atoms with E-state index in [2.05, 4.69) is 17.3 Å². The van der Waals surface area contributed by atoms with Gasteiger partial charge in [0.2, 0.25) is 0 Å². The van der Waals surface area contributed by atoms with Crippen molar-refractivity contribution in [3.8, 4) is 0 Å². The molecule has 17 heavy (non-hydrogen) atoms. The molecule has 1 heterocycles. The van der Waals surface area contributed by atoms with Gasteiger partial charge in [-0.1, -0.05) is 32.1 Å². The van der Waals surface area contributed by atoms with E-state index in [4.69, 9.17) is 5.73 Å². The maximum absolute atomic E-state index is 6.09. The monoisotopic (exact) mass is 252 g/mol. The Morgan fingerprint density at radius 3 is 2.41 bits per heavy atom. The molecule has 1 aromatic heterocycles. The number of rotatable bonds is 3. The molecule has 96 valence electrons. The number of aryl methyl sites for hydroxylation is 1. The molecular formula is C14H24N2S. The molecule has 0 amide bonds. The summed E-state index contributed by atoms with van der Waals surface area (Å²) in [5.41, 5.74) is 7.58. The van der Waals surface area contributed by atoms with Gasteiger partial charge in [0.1, 0.15) is 0 Å². The normalized spacial score (nSPS) is 20.8. The zero-order valence-electron chi connectivity index (χ0n) is 10.9. The molecule has 0 atom stereocenters. The predicted molar refractivity (Wildman–Crippen MR) is 74.4 cm³/mol. The highest BCUT2D eigenvalue weighted by atomic mass is 32.1. The molecule has 0 unspecified atom stereocenters. The van der Waals surface area contributed by atoms with Crippen molar-refractivity contribution in [1.82, 2.24) is 4.98 Å². The molecule has 1 fully saturated rings. The van der Waals surface area contributed by atoms with Crippen molar-refractivity contribution in [3.05, 3.63) is 16.1 Å². The quantitative estimate of drug-likeness (QED) is 0.891. The molecular weight excluding hydrogens is 228 g/mol. The molecule has 0 radical (unpaired) electrons. The highest BCUT2D eigenvalue weighted by molar-refractivity contribution is 7.09. The second-order valence-electron chi connectivity index (χ2n) is 5.53. The Kier molecular flexibility index (Phi) is 4.57. The van der Waals surface area contributed by atoms with Gasteiger partial charge in [0.15, 0.2) is 0 Å². The van der Waals surface area contributed by atoms with Crippen LogP contribution in [-0.2, 0) is 6.42 Å². The van der Waals surface area contributed by atoms with Crippen LogP contribution in [0.1, 0.15) is 55.6 Å². The highest BCUT2D eigenvalue weighted by Crippen LogP contribution is 2.37. The second-order valence-corrected chi connectivity index (χ2v) is 6.47. The zero-order valence-corrected chi connectivity index (χ0v) is 11.7. The van der Waals surface area contributed by atoms with E-state index in [0.717, 1.165) is 18.7 Å². The van der Waals surface area contributed by atoms with E-state index in [0.29, 0.717) is 5.41 Å². The van der Waals surface area contributed by atoms with Crippen molar-refractivity contribution >= 4 is 11.3 Å². The average Bonchev–Trinajstić information content (AvgIpc) is 2.68. The smallest absolute Gasteiger partial charge is 0.0934 e. The number of thiazole rings is 1. The highest BCUT2D eigenvalue weighted by Gasteiger charge is 2.30. The summed E-state index contributed by atoms with van der Waals surface area (Å²) in [6, 6.07) is 0. The van der Waals surface area contributed by atoms with Crippen molar-refractivity contribution in [2.24, 2.45) is 11.1 Å². The minimum Gasteiger partial charge on any atom is -0.330 e. The maximum atomic E-state index is 6.09. The van der Waals surface area contributed by atoms with Crippen LogP contribution in [0.4, 0.5) is 0 Å². The van der Waals surface area contributed by atoms with Crippen LogP contribution in [0.2, 0.25) is 0 Å². The average molecular weight is 252 g/mol. The largest absolute Gasteiger partial charge is 0.330 e. The standard InChI is InChI=1S/C14H24N2S/c1-12-10-17-13(16-12)9-14(11-15)7-5-3-2-4-6-8-14/h10H,2-9,11,15H2,1H3. The molecule has 0 spiro atoms. The summed E-state index contributed by atoms with van der Waals surface area (Å²) in [5, 5.41) is 3.44. The first-order valence-electron chi connectivity index (χ1n) is 6.85. The fourth-order valence-corrected chi connectivity index (χ4v) is 3.86. The van der Waals surface area contributed by atoms with Gasteiger partial charge in [-0.2, -0.15) is 0 Å². The van der Waals surface area contributed by atoms with E-state index in [9.17, 15) is 0 Å². The SMILES string of the molecule is Cc1csc(CC2(CN)CCCCCCC2)n1. The molecule has 2 N–H and O–H groups in total. The lowest BCUT2D eigenvalue weighted by Crippen LogP contribution is -2.33. The molecule has 1 aliphatic carbocycles. The fraction of sp³-hybridized carbons (Fsp3) is 0.786. The van der Waals surface area contributed by atoms with E-state index >= 15 is 0 Å². The molecule has 1 aromatic rings. The van der Waals surface area contributed by atoms with Crippen LogP contribution in [0, 0.1) is 12.3 Å². The molecule has 0 saturated heterocycles. The minimum absolute atomic E-state index is 0.338. The van der Waals surface area contributed by atoms with Crippen LogP contribution in [0.3, 0.4) is 0 Å². The van der Waals surface area contributed by atoms with Gasteiger partial charge < -0.3 is 5.73 Å². The van der Waals surface area contributed by atoms with Crippen molar-refractivity contribution in [2.75, 3.05) is 6.54 Å². The van der Waals surface area contributed by atoms with Gasteiger partial charge in [-0.25, -0.2) is 4.98 Å². The van der Waals surface area contributed by atoms with Gasteiger partial charge in [0, 0.05) is 17.5 Å². The minimum atomic E-state index is 0.338. The molecule has 0 aliphatic heterocycles. The lowest BCUT2D eigenvalue weighted by atomic mass is 9.74. The second kappa shape index (κ2) is 5.96. The summed E-state index contributed by atoms with van der Waals surface area (Å²) in [4.78, 5) is 4.61. The van der Waals surface area contributed by atoms with Gasteiger partial charge in [-0.3, -0.25) is 0 Å². The van der Waals surface area contributed by atoms with Crippen LogP contribution >= 0.6 is 11.3 Å². The lowest BCUT2D eigenvalue weighted by molar-refractivity contribution is 0.216. The van der Waals surface area contributed by atoms with Gasteiger partial charge in [-0.05, 0) is 31.7 Å². The maximum Gasteiger partial charge on any atom is 0.0934 e. The molecule has 1 saturated carbocycles.